The van der Waals surface area contributed by atoms with Crippen LogP contribution < -0.4 is 9.16 Å². The average Bonchev–Trinajstić information content (AvgIpc) is 2.16. The summed E-state index contributed by atoms with van der Waals surface area (Å²) >= 11 is 0. The smallest absolute Gasteiger partial charge is 0.229 e. The molecular formula is C10H13NO2Si. The third-order valence-corrected chi connectivity index (χ3v) is 2.40. The number of hydrogen-bond donors (Lipinski definition) is 0. The van der Waals surface area contributed by atoms with Crippen LogP contribution in [0.4, 0.5) is 0 Å². The maximum atomic E-state index is 8.84. The van der Waals surface area contributed by atoms with Gasteiger partial charge in [-0.1, -0.05) is 0 Å². The molecule has 74 valence electrons. The van der Waals surface area contributed by atoms with Crippen molar-refractivity contribution in [2.45, 2.75) is 13.1 Å². The van der Waals surface area contributed by atoms with Crippen LogP contribution in [0.25, 0.3) is 0 Å². The molecule has 1 aromatic rings. The Hall–Kier alpha value is -1.47. The zero-order chi connectivity index (χ0) is 10.6. The molecule has 0 radical (unpaired) electrons. The Bertz CT molecular complexity index is 358. The van der Waals surface area contributed by atoms with Gasteiger partial charge >= 0.3 is 0 Å². The van der Waals surface area contributed by atoms with E-state index in [4.69, 9.17) is 14.4 Å². The molecule has 0 aliphatic heterocycles. The number of benzene rings is 1. The van der Waals surface area contributed by atoms with Crippen LogP contribution in [0.2, 0.25) is 13.1 Å². The molecular weight excluding hydrogens is 194 g/mol. The zero-order valence-electron chi connectivity index (χ0n) is 8.57. The first-order valence-electron chi connectivity index (χ1n) is 4.42. The monoisotopic (exact) mass is 207 g/mol. The van der Waals surface area contributed by atoms with Crippen molar-refractivity contribution in [2.24, 2.45) is 0 Å². The number of nitrogens with zero attached hydrogens (tertiary/aromatic N) is 1. The van der Waals surface area contributed by atoms with Crippen LogP contribution in [0.1, 0.15) is 5.56 Å². The summed E-state index contributed by atoms with van der Waals surface area (Å²) in [6.07, 6.45) is 0. The fraction of sp³-hybridized carbons (Fsp3) is 0.300. The van der Waals surface area contributed by atoms with E-state index in [2.05, 4.69) is 19.2 Å². The zero-order valence-corrected chi connectivity index (χ0v) is 9.73. The van der Waals surface area contributed by atoms with Gasteiger partial charge in [0.25, 0.3) is 0 Å². The molecule has 0 bridgehead atoms. The van der Waals surface area contributed by atoms with Gasteiger partial charge in [-0.05, 0) is 25.2 Å². The molecule has 0 aliphatic carbocycles. The van der Waals surface area contributed by atoms with Crippen molar-refractivity contribution in [3.63, 3.8) is 0 Å². The summed E-state index contributed by atoms with van der Waals surface area (Å²) in [6, 6.07) is 7.32. The maximum absolute atomic E-state index is 8.84. The number of hydrogen-bond acceptors (Lipinski definition) is 3. The lowest BCUT2D eigenvalue weighted by Gasteiger charge is -2.11. The Morgan fingerprint density at radius 3 is 2.57 bits per heavy atom. The van der Waals surface area contributed by atoms with E-state index < -0.39 is 9.04 Å². The van der Waals surface area contributed by atoms with E-state index in [1.165, 1.54) is 0 Å². The minimum atomic E-state index is -1.18. The van der Waals surface area contributed by atoms with Gasteiger partial charge in [-0.25, -0.2) is 0 Å². The van der Waals surface area contributed by atoms with E-state index in [9.17, 15) is 0 Å². The molecule has 14 heavy (non-hydrogen) atoms. The third kappa shape index (κ3) is 2.51. The van der Waals surface area contributed by atoms with Gasteiger partial charge in [0.05, 0.1) is 12.7 Å². The van der Waals surface area contributed by atoms with E-state index in [-0.39, 0.29) is 0 Å². The number of rotatable bonds is 3. The van der Waals surface area contributed by atoms with Crippen LogP contribution in [0.15, 0.2) is 18.2 Å². The molecule has 4 heteroatoms. The van der Waals surface area contributed by atoms with Crippen molar-refractivity contribution in [1.82, 2.24) is 0 Å². The number of methoxy groups -OCH3 is 1. The molecule has 0 saturated carbocycles. The molecule has 0 heterocycles. The molecule has 0 unspecified atom stereocenters. The molecule has 1 aromatic carbocycles. The van der Waals surface area contributed by atoms with Gasteiger partial charge < -0.3 is 9.16 Å². The Balaban J connectivity index is 3.03. The Morgan fingerprint density at radius 2 is 2.07 bits per heavy atom. The summed E-state index contributed by atoms with van der Waals surface area (Å²) in [4.78, 5) is 0. The Morgan fingerprint density at radius 1 is 1.36 bits per heavy atom. The van der Waals surface area contributed by atoms with Crippen LogP contribution in [0.3, 0.4) is 0 Å². The summed E-state index contributed by atoms with van der Waals surface area (Å²) in [5.74, 6) is 1.35. The first kappa shape index (κ1) is 10.6. The normalized spacial score (nSPS) is 9.64. The van der Waals surface area contributed by atoms with Crippen LogP contribution >= 0.6 is 0 Å². The lowest BCUT2D eigenvalue weighted by Crippen LogP contribution is -2.12. The van der Waals surface area contributed by atoms with Crippen molar-refractivity contribution in [2.75, 3.05) is 7.11 Å². The van der Waals surface area contributed by atoms with Crippen molar-refractivity contribution >= 4 is 9.04 Å². The SMILES string of the molecule is COc1ccc(C#N)c(O[SiH](C)C)c1. The van der Waals surface area contributed by atoms with Crippen LogP contribution in [-0.4, -0.2) is 16.2 Å². The molecule has 0 spiro atoms. The first-order chi connectivity index (χ1) is 6.67. The minimum absolute atomic E-state index is 0.562. The van der Waals surface area contributed by atoms with E-state index in [1.54, 1.807) is 25.3 Å². The lowest BCUT2D eigenvalue weighted by atomic mass is 10.2. The molecule has 3 nitrogen and oxygen atoms in total. The number of ether oxygens (including phenoxy) is 1. The topological polar surface area (TPSA) is 42.2 Å². The van der Waals surface area contributed by atoms with Crippen molar-refractivity contribution in [1.29, 1.82) is 5.26 Å². The summed E-state index contributed by atoms with van der Waals surface area (Å²) in [5, 5.41) is 8.84. The quantitative estimate of drug-likeness (QED) is 0.711. The standard InChI is InChI=1S/C10H13NO2Si/c1-12-9-5-4-8(7-11)10(6-9)13-14(2)3/h4-6,14H,1-3H3. The summed E-state index contributed by atoms with van der Waals surface area (Å²) in [5.41, 5.74) is 0.562. The molecule has 0 atom stereocenters. The predicted octanol–water partition coefficient (Wildman–Crippen LogP) is 1.93. The second-order valence-corrected chi connectivity index (χ2v) is 5.47. The van der Waals surface area contributed by atoms with Crippen LogP contribution in [0, 0.1) is 11.3 Å². The van der Waals surface area contributed by atoms with E-state index in [1.807, 2.05) is 0 Å². The van der Waals surface area contributed by atoms with Gasteiger partial charge in [0.2, 0.25) is 9.04 Å². The largest absolute Gasteiger partial charge is 0.546 e. The summed E-state index contributed by atoms with van der Waals surface area (Å²) < 4.78 is 10.7. The Labute approximate surface area is 85.6 Å². The van der Waals surface area contributed by atoms with Crippen LogP contribution in [0.5, 0.6) is 11.5 Å². The molecule has 1 rings (SSSR count). The minimum Gasteiger partial charge on any atom is -0.546 e. The summed E-state index contributed by atoms with van der Waals surface area (Å²) in [7, 11) is 0.418. The van der Waals surface area contributed by atoms with E-state index >= 15 is 0 Å². The highest BCUT2D eigenvalue weighted by Crippen LogP contribution is 2.24. The maximum Gasteiger partial charge on any atom is 0.229 e. The molecule has 0 saturated heterocycles. The van der Waals surface area contributed by atoms with Gasteiger partial charge in [-0.15, -0.1) is 0 Å². The van der Waals surface area contributed by atoms with Gasteiger partial charge in [-0.3, -0.25) is 0 Å². The molecule has 0 amide bonds. The molecule has 0 fully saturated rings. The fourth-order valence-corrected chi connectivity index (χ4v) is 1.78. The number of nitriles is 1. The first-order valence-corrected chi connectivity index (χ1v) is 7.20. The third-order valence-electron chi connectivity index (χ3n) is 1.67. The summed E-state index contributed by atoms with van der Waals surface area (Å²) in [6.45, 7) is 4.11. The van der Waals surface area contributed by atoms with Gasteiger partial charge in [0.1, 0.15) is 17.6 Å². The van der Waals surface area contributed by atoms with Crippen LogP contribution in [-0.2, 0) is 0 Å². The highest BCUT2D eigenvalue weighted by molar-refractivity contribution is 6.49. The van der Waals surface area contributed by atoms with Crippen molar-refractivity contribution in [3.05, 3.63) is 23.8 Å². The van der Waals surface area contributed by atoms with E-state index in [0.717, 1.165) is 0 Å². The predicted molar refractivity (Wildman–Crippen MR) is 57.2 cm³/mol. The second kappa shape index (κ2) is 4.68. The molecule has 0 aromatic heterocycles. The second-order valence-electron chi connectivity index (χ2n) is 3.14. The van der Waals surface area contributed by atoms with Gasteiger partial charge in [0.15, 0.2) is 0 Å². The van der Waals surface area contributed by atoms with E-state index in [0.29, 0.717) is 17.1 Å². The molecule has 0 N–H and O–H groups in total. The van der Waals surface area contributed by atoms with Crippen molar-refractivity contribution < 1.29 is 9.16 Å². The molecule has 0 aliphatic rings. The Kier molecular flexibility index (Phi) is 3.54. The average molecular weight is 207 g/mol. The highest BCUT2D eigenvalue weighted by Gasteiger charge is 2.07. The van der Waals surface area contributed by atoms with Crippen molar-refractivity contribution in [3.8, 4) is 17.6 Å². The van der Waals surface area contributed by atoms with Gasteiger partial charge in [0, 0.05) is 6.07 Å². The fourth-order valence-electron chi connectivity index (χ4n) is 1.07. The lowest BCUT2D eigenvalue weighted by molar-refractivity contribution is 0.412. The van der Waals surface area contributed by atoms with Gasteiger partial charge in [-0.2, -0.15) is 5.26 Å². The highest BCUT2D eigenvalue weighted by atomic mass is 28.3.